The van der Waals surface area contributed by atoms with Crippen molar-refractivity contribution in [2.24, 2.45) is 0 Å². The molecule has 1 unspecified atom stereocenters. The minimum Gasteiger partial charge on any atom is -0.312 e. The monoisotopic (exact) mass is 446 g/mol. The number of hydrogen-bond acceptors (Lipinski definition) is 4. The van der Waals surface area contributed by atoms with Gasteiger partial charge in [-0.15, -0.1) is 0 Å². The van der Waals surface area contributed by atoms with Crippen LogP contribution in [0.1, 0.15) is 40.7 Å². The second-order valence-electron chi connectivity index (χ2n) is 8.44. The van der Waals surface area contributed by atoms with Crippen LogP contribution in [0.3, 0.4) is 0 Å². The van der Waals surface area contributed by atoms with Gasteiger partial charge >= 0.3 is 0 Å². The largest absolute Gasteiger partial charge is 0.312 e. The van der Waals surface area contributed by atoms with E-state index in [1.807, 2.05) is 54.6 Å². The van der Waals surface area contributed by atoms with Crippen molar-refractivity contribution in [3.8, 4) is 0 Å². The van der Waals surface area contributed by atoms with Crippen LogP contribution in [0.15, 0.2) is 54.6 Å². The van der Waals surface area contributed by atoms with Gasteiger partial charge in [0.05, 0.1) is 18.2 Å². The van der Waals surface area contributed by atoms with Crippen LogP contribution in [0.2, 0.25) is 5.02 Å². The fourth-order valence-corrected chi connectivity index (χ4v) is 4.89. The molecule has 1 heterocycles. The highest BCUT2D eigenvalue weighted by Crippen LogP contribution is 2.41. The van der Waals surface area contributed by atoms with Gasteiger partial charge in [0.15, 0.2) is 5.78 Å². The number of ketones is 2. The molecule has 1 fully saturated rings. The van der Waals surface area contributed by atoms with Crippen LogP contribution in [0.5, 0.6) is 0 Å². The third kappa shape index (κ3) is 3.72. The molecule has 5 nitrogen and oxygen atoms in total. The number of amides is 1. The van der Waals surface area contributed by atoms with E-state index in [0.717, 1.165) is 40.0 Å². The average Bonchev–Trinajstić information content (AvgIpc) is 3.07. The van der Waals surface area contributed by atoms with Crippen LogP contribution in [0.25, 0.3) is 10.8 Å². The summed E-state index contributed by atoms with van der Waals surface area (Å²) < 4.78 is 0. The summed E-state index contributed by atoms with van der Waals surface area (Å²) in [4.78, 5) is 39.1. The molecular formula is C26H23ClN2O3. The number of anilines is 1. The van der Waals surface area contributed by atoms with E-state index in [9.17, 15) is 14.4 Å². The smallest absolute Gasteiger partial charge is 0.259 e. The van der Waals surface area contributed by atoms with Gasteiger partial charge in [0.25, 0.3) is 5.91 Å². The number of carbonyl (C=O) groups is 3. The summed E-state index contributed by atoms with van der Waals surface area (Å²) in [6.07, 6.45) is 1.55. The Morgan fingerprint density at radius 3 is 2.59 bits per heavy atom. The number of halogens is 1. The second-order valence-corrected chi connectivity index (χ2v) is 8.87. The maximum absolute atomic E-state index is 13.2. The molecule has 6 heteroatoms. The lowest BCUT2D eigenvalue weighted by atomic mass is 9.91. The Hall–Kier alpha value is -3.02. The standard InChI is InChI=1S/C26H23ClN2O3/c27-18-7-4-16(5-8-18)12-13-28-15-17-6-10-21-25-20(17)2-1-3-23(25)29(26(21)32)22-11-9-19(30)14-24(22)31/h1-8,10,22,28H,9,11-15H2. The predicted octanol–water partition coefficient (Wildman–Crippen LogP) is 4.48. The highest BCUT2D eigenvalue weighted by atomic mass is 35.5. The molecule has 0 radical (unpaired) electrons. The first kappa shape index (κ1) is 20.9. The maximum Gasteiger partial charge on any atom is 0.259 e. The highest BCUT2D eigenvalue weighted by Gasteiger charge is 2.40. The summed E-state index contributed by atoms with van der Waals surface area (Å²) in [6, 6.07) is 17.0. The fraction of sp³-hybridized carbons (Fsp3) is 0.269. The molecule has 2 aliphatic rings. The first-order chi connectivity index (χ1) is 15.5. The SMILES string of the molecule is O=C1CCC(N2C(=O)c3ccc(CNCCc4ccc(Cl)cc4)c4cccc2c34)C(=O)C1. The fourth-order valence-electron chi connectivity index (χ4n) is 4.77. The molecule has 1 N–H and O–H groups in total. The summed E-state index contributed by atoms with van der Waals surface area (Å²) in [5, 5.41) is 6.15. The first-order valence-corrected chi connectivity index (χ1v) is 11.3. The van der Waals surface area contributed by atoms with E-state index >= 15 is 0 Å². The van der Waals surface area contributed by atoms with Crippen molar-refractivity contribution >= 4 is 45.5 Å². The molecule has 1 atom stereocenters. The lowest BCUT2D eigenvalue weighted by Crippen LogP contribution is -2.46. The van der Waals surface area contributed by atoms with Gasteiger partial charge in [-0.05, 0) is 60.2 Å². The van der Waals surface area contributed by atoms with Crippen molar-refractivity contribution in [3.63, 3.8) is 0 Å². The van der Waals surface area contributed by atoms with E-state index < -0.39 is 6.04 Å². The normalized spacial score (nSPS) is 18.1. The van der Waals surface area contributed by atoms with E-state index in [0.29, 0.717) is 24.9 Å². The summed E-state index contributed by atoms with van der Waals surface area (Å²) in [5.41, 5.74) is 3.74. The Kier molecular flexibility index (Phi) is 5.53. The molecule has 1 aliphatic carbocycles. The summed E-state index contributed by atoms with van der Waals surface area (Å²) in [6.45, 7) is 1.50. The summed E-state index contributed by atoms with van der Waals surface area (Å²) in [7, 11) is 0. The van der Waals surface area contributed by atoms with E-state index in [-0.39, 0.29) is 23.9 Å². The van der Waals surface area contributed by atoms with E-state index in [1.54, 1.807) is 4.90 Å². The van der Waals surface area contributed by atoms with Crippen molar-refractivity contribution in [2.45, 2.75) is 38.3 Å². The first-order valence-electron chi connectivity index (χ1n) is 10.9. The molecule has 3 aromatic carbocycles. The van der Waals surface area contributed by atoms with Crippen LogP contribution >= 0.6 is 11.6 Å². The lowest BCUT2D eigenvalue weighted by molar-refractivity contribution is -0.130. The maximum atomic E-state index is 13.2. The third-order valence-corrected chi connectivity index (χ3v) is 6.64. The van der Waals surface area contributed by atoms with Crippen LogP contribution in [-0.2, 0) is 22.6 Å². The molecule has 0 saturated heterocycles. The van der Waals surface area contributed by atoms with Crippen molar-refractivity contribution in [1.29, 1.82) is 0 Å². The Bertz CT molecular complexity index is 1240. The Labute approximate surface area is 191 Å². The van der Waals surface area contributed by atoms with Gasteiger partial charge in [0.2, 0.25) is 0 Å². The summed E-state index contributed by atoms with van der Waals surface area (Å²) in [5.74, 6) is -0.352. The average molecular weight is 447 g/mol. The molecule has 1 amide bonds. The molecule has 1 saturated carbocycles. The molecular weight excluding hydrogens is 424 g/mol. The zero-order valence-electron chi connectivity index (χ0n) is 17.6. The van der Waals surface area contributed by atoms with Gasteiger partial charge in [-0.25, -0.2) is 0 Å². The molecule has 5 rings (SSSR count). The molecule has 1 aliphatic heterocycles. The quantitative estimate of drug-likeness (QED) is 0.448. The van der Waals surface area contributed by atoms with Crippen molar-refractivity contribution < 1.29 is 14.4 Å². The van der Waals surface area contributed by atoms with E-state index in [1.165, 1.54) is 5.56 Å². The minimum absolute atomic E-state index is 0.0411. The number of Topliss-reactive ketones (excluding diaryl/α,β-unsaturated/α-hetero) is 2. The molecule has 0 spiro atoms. The van der Waals surface area contributed by atoms with Crippen LogP contribution < -0.4 is 10.2 Å². The van der Waals surface area contributed by atoms with Gasteiger partial charge in [-0.2, -0.15) is 0 Å². The van der Waals surface area contributed by atoms with Gasteiger partial charge < -0.3 is 5.32 Å². The molecule has 162 valence electrons. The number of benzene rings is 3. The molecule has 0 bridgehead atoms. The number of rotatable bonds is 6. The topological polar surface area (TPSA) is 66.5 Å². The van der Waals surface area contributed by atoms with Crippen LogP contribution in [-0.4, -0.2) is 30.1 Å². The number of nitrogens with one attached hydrogen (secondary N) is 1. The van der Waals surface area contributed by atoms with Crippen LogP contribution in [0.4, 0.5) is 5.69 Å². The zero-order valence-corrected chi connectivity index (χ0v) is 18.3. The Morgan fingerprint density at radius 2 is 1.81 bits per heavy atom. The van der Waals surface area contributed by atoms with Gasteiger partial charge in [0, 0.05) is 28.9 Å². The molecule has 0 aromatic heterocycles. The number of nitrogens with zero attached hydrogens (tertiary/aromatic N) is 1. The van der Waals surface area contributed by atoms with E-state index in [4.69, 9.17) is 11.6 Å². The number of hydrogen-bond donors (Lipinski definition) is 1. The lowest BCUT2D eigenvalue weighted by Gasteiger charge is -2.30. The minimum atomic E-state index is -0.556. The Morgan fingerprint density at radius 1 is 1.00 bits per heavy atom. The Balaban J connectivity index is 1.37. The van der Waals surface area contributed by atoms with Gasteiger partial charge in [-0.3, -0.25) is 19.3 Å². The highest BCUT2D eigenvalue weighted by molar-refractivity contribution is 6.30. The predicted molar refractivity (Wildman–Crippen MR) is 125 cm³/mol. The third-order valence-electron chi connectivity index (χ3n) is 6.39. The van der Waals surface area contributed by atoms with Gasteiger partial charge in [-0.1, -0.05) is 41.9 Å². The van der Waals surface area contributed by atoms with Crippen molar-refractivity contribution in [2.75, 3.05) is 11.4 Å². The van der Waals surface area contributed by atoms with Gasteiger partial charge in [0.1, 0.15) is 5.78 Å². The van der Waals surface area contributed by atoms with E-state index in [2.05, 4.69) is 5.32 Å². The second kappa shape index (κ2) is 8.49. The molecule has 3 aromatic rings. The molecule has 32 heavy (non-hydrogen) atoms. The van der Waals surface area contributed by atoms with Crippen molar-refractivity contribution in [3.05, 3.63) is 76.3 Å². The van der Waals surface area contributed by atoms with Crippen LogP contribution in [0, 0.1) is 0 Å². The zero-order chi connectivity index (χ0) is 22.2. The number of carbonyl (C=O) groups excluding carboxylic acids is 3. The summed E-state index contributed by atoms with van der Waals surface area (Å²) >= 11 is 5.95. The van der Waals surface area contributed by atoms with Crippen molar-refractivity contribution in [1.82, 2.24) is 5.32 Å².